The van der Waals surface area contributed by atoms with Crippen molar-refractivity contribution >= 4 is 17.5 Å². The second kappa shape index (κ2) is 6.40. The van der Waals surface area contributed by atoms with Gasteiger partial charge in [0.25, 0.3) is 0 Å². The van der Waals surface area contributed by atoms with Crippen LogP contribution in [-0.2, 0) is 28.5 Å². The van der Waals surface area contributed by atoms with Crippen molar-refractivity contribution in [2.24, 2.45) is 5.16 Å². The average Bonchev–Trinajstić information content (AvgIpc) is 3.01. The maximum atomic E-state index is 13.4. The Morgan fingerprint density at radius 3 is 2.76 bits per heavy atom. The number of halogens is 3. The van der Waals surface area contributed by atoms with Crippen LogP contribution in [0.3, 0.4) is 0 Å². The third-order valence-electron chi connectivity index (χ3n) is 4.62. The van der Waals surface area contributed by atoms with Gasteiger partial charge in [0.2, 0.25) is 6.29 Å². The van der Waals surface area contributed by atoms with E-state index in [1.54, 1.807) is 0 Å². The minimum atomic E-state index is -4.50. The molecule has 3 aliphatic rings. The molecule has 4 rings (SSSR count). The fourth-order valence-corrected chi connectivity index (χ4v) is 4.55. The van der Waals surface area contributed by atoms with E-state index in [0.717, 1.165) is 24.6 Å². The topological polar surface area (TPSA) is 76.8 Å². The van der Waals surface area contributed by atoms with Crippen molar-refractivity contribution in [3.8, 4) is 0 Å². The van der Waals surface area contributed by atoms with Crippen LogP contribution in [0.1, 0.15) is 36.2 Å². The van der Waals surface area contributed by atoms with Crippen LogP contribution < -0.4 is 0 Å². The Balaban J connectivity index is 1.64. The number of ether oxygens (including phenoxy) is 2. The number of nitrogens with zero attached hydrogens (tertiary/aromatic N) is 3. The average molecular weight is 375 g/mol. The molecule has 1 aliphatic carbocycles. The molecule has 0 radical (unpaired) electrons. The summed E-state index contributed by atoms with van der Waals surface area (Å²) in [4.78, 5) is 8.18. The van der Waals surface area contributed by atoms with Crippen LogP contribution in [0.5, 0.6) is 0 Å². The molecule has 2 bridgehead atoms. The first kappa shape index (κ1) is 17.0. The first-order valence-electron chi connectivity index (χ1n) is 8.07. The number of rotatable bonds is 2. The highest BCUT2D eigenvalue weighted by atomic mass is 32.2. The Labute approximate surface area is 145 Å². The van der Waals surface area contributed by atoms with Gasteiger partial charge in [-0.05, 0) is 25.7 Å². The van der Waals surface area contributed by atoms with Crippen molar-refractivity contribution in [2.75, 3.05) is 6.61 Å². The van der Waals surface area contributed by atoms with Crippen molar-refractivity contribution in [3.63, 3.8) is 0 Å². The van der Waals surface area contributed by atoms with Gasteiger partial charge in [-0.3, -0.25) is 0 Å². The van der Waals surface area contributed by atoms with Crippen molar-refractivity contribution in [1.29, 1.82) is 0 Å². The number of oxime groups is 1. The summed E-state index contributed by atoms with van der Waals surface area (Å²) < 4.78 is 51.2. The molecule has 136 valence electrons. The number of hydrogen-bond donors (Lipinski definition) is 1. The van der Waals surface area contributed by atoms with Crippen LogP contribution in [0.4, 0.5) is 13.2 Å². The summed E-state index contributed by atoms with van der Waals surface area (Å²) in [5, 5.41) is 12.1. The summed E-state index contributed by atoms with van der Waals surface area (Å²) in [6.07, 6.45) is -2.64. The Morgan fingerprint density at radius 1 is 1.20 bits per heavy atom. The number of aromatic nitrogens is 2. The van der Waals surface area contributed by atoms with E-state index in [0.29, 0.717) is 37.3 Å². The molecule has 1 aromatic heterocycles. The molecule has 0 saturated carbocycles. The largest absolute Gasteiger partial charge is 0.433 e. The van der Waals surface area contributed by atoms with Gasteiger partial charge in [-0.15, -0.1) is 0 Å². The van der Waals surface area contributed by atoms with Crippen molar-refractivity contribution in [3.05, 3.63) is 17.0 Å². The van der Waals surface area contributed by atoms with Gasteiger partial charge in [-0.1, -0.05) is 16.9 Å². The lowest BCUT2D eigenvalue weighted by Gasteiger charge is -2.27. The molecule has 1 aromatic rings. The Hall–Kier alpha value is -1.39. The van der Waals surface area contributed by atoms with Gasteiger partial charge in [0.05, 0.1) is 12.7 Å². The van der Waals surface area contributed by atoms with Gasteiger partial charge >= 0.3 is 6.18 Å². The van der Waals surface area contributed by atoms with E-state index in [1.165, 1.54) is 0 Å². The molecule has 2 fully saturated rings. The van der Waals surface area contributed by atoms with Gasteiger partial charge in [0.15, 0.2) is 10.9 Å². The molecule has 6 nitrogen and oxygen atoms in total. The van der Waals surface area contributed by atoms with Gasteiger partial charge in [0.1, 0.15) is 5.71 Å². The van der Waals surface area contributed by atoms with Crippen LogP contribution in [0, 0.1) is 0 Å². The first-order chi connectivity index (χ1) is 12.0. The van der Waals surface area contributed by atoms with Crippen molar-refractivity contribution in [1.82, 2.24) is 9.97 Å². The zero-order chi connectivity index (χ0) is 17.6. The molecule has 2 aliphatic heterocycles. The molecule has 2 saturated heterocycles. The minimum Gasteiger partial charge on any atom is -0.411 e. The van der Waals surface area contributed by atoms with Crippen molar-refractivity contribution < 1.29 is 27.9 Å². The standard InChI is InChI=1S/C15H16F3N3O3S/c16-15(17,18)12-7-3-1-2-4-8(7)19-14(20-12)25-11-5-9(21-22)13-23-6-10(11)24-13/h10-11,13,22H,1-6H2/b21-9+/t10-,11-,13-/m0/s1. The summed E-state index contributed by atoms with van der Waals surface area (Å²) in [6.45, 7) is 0.304. The second-order valence-electron chi connectivity index (χ2n) is 6.28. The molecule has 3 heterocycles. The normalized spacial score (nSPS) is 30.5. The van der Waals surface area contributed by atoms with Crippen LogP contribution in [0.25, 0.3) is 0 Å². The number of hydrogen-bond acceptors (Lipinski definition) is 7. The Morgan fingerprint density at radius 2 is 2.00 bits per heavy atom. The lowest BCUT2D eigenvalue weighted by Crippen LogP contribution is -2.37. The quantitative estimate of drug-likeness (QED) is 0.487. The summed E-state index contributed by atoms with van der Waals surface area (Å²) in [7, 11) is 0. The number of thioether (sulfide) groups is 1. The predicted molar refractivity (Wildman–Crippen MR) is 81.8 cm³/mol. The first-order valence-corrected chi connectivity index (χ1v) is 8.95. The van der Waals surface area contributed by atoms with Gasteiger partial charge in [-0.2, -0.15) is 13.2 Å². The highest BCUT2D eigenvalue weighted by molar-refractivity contribution is 7.99. The second-order valence-corrected chi connectivity index (χ2v) is 7.48. The highest BCUT2D eigenvalue weighted by Crippen LogP contribution is 2.39. The summed E-state index contributed by atoms with van der Waals surface area (Å²) in [6, 6.07) is 0. The predicted octanol–water partition coefficient (Wildman–Crippen LogP) is 2.81. The van der Waals surface area contributed by atoms with E-state index < -0.39 is 18.2 Å². The molecule has 0 spiro atoms. The molecule has 10 heteroatoms. The fourth-order valence-electron chi connectivity index (χ4n) is 3.42. The highest BCUT2D eigenvalue weighted by Gasteiger charge is 2.44. The summed E-state index contributed by atoms with van der Waals surface area (Å²) in [5.74, 6) is 0. The summed E-state index contributed by atoms with van der Waals surface area (Å²) >= 11 is 1.13. The summed E-state index contributed by atoms with van der Waals surface area (Å²) in [5.41, 5.74) is 0.225. The molecule has 0 unspecified atom stereocenters. The SMILES string of the molecule is O/N=C1\C[C@H](Sc2nc3c(c(C(F)(F)F)n2)CCCC3)[C@@H]2CO[C@H]1O2. The van der Waals surface area contributed by atoms with Crippen LogP contribution in [0.2, 0.25) is 0 Å². The fraction of sp³-hybridized carbons (Fsp3) is 0.667. The molecule has 3 atom stereocenters. The Kier molecular flexibility index (Phi) is 4.37. The molecule has 1 N–H and O–H groups in total. The molecule has 0 amide bonds. The number of alkyl halides is 3. The molecular formula is C15H16F3N3O3S. The lowest BCUT2D eigenvalue weighted by atomic mass is 9.94. The molecular weight excluding hydrogens is 359 g/mol. The van der Waals surface area contributed by atoms with E-state index in [2.05, 4.69) is 15.1 Å². The third kappa shape index (κ3) is 3.22. The minimum absolute atomic E-state index is 0.0872. The maximum absolute atomic E-state index is 13.4. The third-order valence-corrected chi connectivity index (χ3v) is 5.79. The monoisotopic (exact) mass is 375 g/mol. The van der Waals surface area contributed by atoms with E-state index in [1.807, 2.05) is 0 Å². The van der Waals surface area contributed by atoms with Gasteiger partial charge in [0, 0.05) is 22.9 Å². The zero-order valence-electron chi connectivity index (χ0n) is 13.1. The van der Waals surface area contributed by atoms with E-state index in [9.17, 15) is 13.2 Å². The zero-order valence-corrected chi connectivity index (χ0v) is 13.9. The maximum Gasteiger partial charge on any atom is 0.433 e. The number of fused-ring (bicyclic) bond motifs is 3. The molecule has 0 aromatic carbocycles. The lowest BCUT2D eigenvalue weighted by molar-refractivity contribution is -0.142. The van der Waals surface area contributed by atoms with E-state index >= 15 is 0 Å². The smallest absolute Gasteiger partial charge is 0.411 e. The van der Waals surface area contributed by atoms with E-state index in [4.69, 9.17) is 14.7 Å². The molecule has 25 heavy (non-hydrogen) atoms. The number of aryl methyl sites for hydroxylation is 1. The van der Waals surface area contributed by atoms with Crippen LogP contribution in [0.15, 0.2) is 10.3 Å². The van der Waals surface area contributed by atoms with E-state index in [-0.39, 0.29) is 22.1 Å². The van der Waals surface area contributed by atoms with Crippen LogP contribution >= 0.6 is 11.8 Å². The Bertz CT molecular complexity index is 713. The van der Waals surface area contributed by atoms with Gasteiger partial charge < -0.3 is 14.7 Å². The van der Waals surface area contributed by atoms with Gasteiger partial charge in [-0.25, -0.2) is 9.97 Å². The van der Waals surface area contributed by atoms with Crippen molar-refractivity contribution in [2.45, 2.75) is 61.1 Å². The van der Waals surface area contributed by atoms with Crippen LogP contribution in [-0.4, -0.2) is 45.1 Å².